The Morgan fingerprint density at radius 1 is 1.29 bits per heavy atom. The van der Waals surface area contributed by atoms with E-state index in [1.807, 2.05) is 38.7 Å². The maximum atomic E-state index is 12.5. The molecule has 2 saturated heterocycles. The lowest BCUT2D eigenvalue weighted by Crippen LogP contribution is -2.49. The van der Waals surface area contributed by atoms with Crippen LogP contribution < -0.4 is 5.32 Å². The number of nitrogens with one attached hydrogen (secondary N) is 1. The van der Waals surface area contributed by atoms with E-state index in [2.05, 4.69) is 5.32 Å². The van der Waals surface area contributed by atoms with Crippen molar-refractivity contribution in [3.8, 4) is 0 Å². The summed E-state index contributed by atoms with van der Waals surface area (Å²) in [6, 6.07) is 1.91. The third kappa shape index (κ3) is 3.44. The number of urea groups is 1. The first kappa shape index (κ1) is 17.3. The minimum Gasteiger partial charge on any atom is -0.466 e. The number of piperidine rings is 1. The number of aryl methyl sites for hydroxylation is 2. The summed E-state index contributed by atoms with van der Waals surface area (Å²) in [5.41, 5.74) is 1.04. The largest absolute Gasteiger partial charge is 0.466 e. The van der Waals surface area contributed by atoms with Crippen molar-refractivity contribution in [3.05, 3.63) is 23.2 Å². The lowest BCUT2D eigenvalue weighted by Gasteiger charge is -2.39. The van der Waals surface area contributed by atoms with Gasteiger partial charge in [-0.2, -0.15) is 0 Å². The highest BCUT2D eigenvalue weighted by Crippen LogP contribution is 2.35. The monoisotopic (exact) mass is 336 g/mol. The summed E-state index contributed by atoms with van der Waals surface area (Å²) >= 11 is 0. The molecule has 0 saturated carbocycles. The number of amides is 2. The molecule has 1 atom stereocenters. The van der Waals surface area contributed by atoms with E-state index in [0.29, 0.717) is 19.1 Å². The van der Waals surface area contributed by atoms with Crippen LogP contribution in [0.5, 0.6) is 0 Å². The second kappa shape index (κ2) is 6.76. The maximum absolute atomic E-state index is 12.5. The molecule has 0 aromatic carbocycles. The van der Waals surface area contributed by atoms with Gasteiger partial charge in [0.15, 0.2) is 5.79 Å². The smallest absolute Gasteiger partial charge is 0.317 e. The molecule has 2 aliphatic heterocycles. The minimum absolute atomic E-state index is 0.0161. The molecule has 1 aromatic rings. The summed E-state index contributed by atoms with van der Waals surface area (Å²) in [4.78, 5) is 14.4. The summed E-state index contributed by atoms with van der Waals surface area (Å²) in [7, 11) is 0. The van der Waals surface area contributed by atoms with Crippen molar-refractivity contribution < 1.29 is 18.7 Å². The van der Waals surface area contributed by atoms with Crippen LogP contribution in [0.25, 0.3) is 0 Å². The van der Waals surface area contributed by atoms with Crippen LogP contribution in [0.4, 0.5) is 4.79 Å². The quantitative estimate of drug-likeness (QED) is 0.921. The van der Waals surface area contributed by atoms with Crippen molar-refractivity contribution >= 4 is 6.03 Å². The van der Waals surface area contributed by atoms with E-state index in [1.54, 1.807) is 0 Å². The number of hydrogen-bond acceptors (Lipinski definition) is 4. The number of rotatable bonds is 3. The van der Waals surface area contributed by atoms with Gasteiger partial charge in [-0.1, -0.05) is 0 Å². The molecule has 6 nitrogen and oxygen atoms in total. The molecule has 1 aromatic heterocycles. The van der Waals surface area contributed by atoms with Crippen LogP contribution in [-0.4, -0.2) is 43.0 Å². The summed E-state index contributed by atoms with van der Waals surface area (Å²) in [6.07, 6.45) is 1.81. The Hall–Kier alpha value is -1.53. The number of hydrogen-bond donors (Lipinski definition) is 1. The van der Waals surface area contributed by atoms with E-state index < -0.39 is 5.79 Å². The number of furan rings is 1. The Balaban J connectivity index is 1.52. The molecule has 2 aliphatic rings. The average molecular weight is 336 g/mol. The Labute approximate surface area is 143 Å². The summed E-state index contributed by atoms with van der Waals surface area (Å²) < 4.78 is 17.1. The van der Waals surface area contributed by atoms with Gasteiger partial charge in [0.25, 0.3) is 0 Å². The summed E-state index contributed by atoms with van der Waals surface area (Å²) in [5, 5.41) is 3.08. The lowest BCUT2D eigenvalue weighted by molar-refractivity contribution is -0.189. The third-order valence-electron chi connectivity index (χ3n) is 5.27. The Morgan fingerprint density at radius 2 is 1.92 bits per heavy atom. The fourth-order valence-electron chi connectivity index (χ4n) is 3.81. The van der Waals surface area contributed by atoms with E-state index in [-0.39, 0.29) is 12.1 Å². The Morgan fingerprint density at radius 3 is 2.46 bits per heavy atom. The van der Waals surface area contributed by atoms with Crippen molar-refractivity contribution in [2.45, 2.75) is 52.4 Å². The van der Waals surface area contributed by atoms with Crippen molar-refractivity contribution in [1.29, 1.82) is 0 Å². The standard InChI is InChI=1S/C18H28N2O4/c1-12-11-16(14(3)24-12)13(2)19-17(21)20-7-5-15(6-8-20)18(4)22-9-10-23-18/h11,13,15H,5-10H2,1-4H3,(H,19,21)/t13-/m0/s1. The first-order valence-corrected chi connectivity index (χ1v) is 8.79. The maximum Gasteiger partial charge on any atom is 0.317 e. The Kier molecular flexibility index (Phi) is 4.88. The van der Waals surface area contributed by atoms with Crippen molar-refractivity contribution in [2.75, 3.05) is 26.3 Å². The third-order valence-corrected chi connectivity index (χ3v) is 5.27. The van der Waals surface area contributed by atoms with Gasteiger partial charge in [0.1, 0.15) is 11.5 Å². The zero-order chi connectivity index (χ0) is 17.3. The molecule has 0 radical (unpaired) electrons. The number of ether oxygens (including phenoxy) is 2. The van der Waals surface area contributed by atoms with Crippen LogP contribution in [0.3, 0.4) is 0 Å². The molecule has 2 amide bonds. The number of carbonyl (C=O) groups is 1. The normalized spacial score (nSPS) is 22.6. The summed E-state index contributed by atoms with van der Waals surface area (Å²) in [6.45, 7) is 10.7. The van der Waals surface area contributed by atoms with Crippen LogP contribution in [0, 0.1) is 19.8 Å². The fraction of sp³-hybridized carbons (Fsp3) is 0.722. The van der Waals surface area contributed by atoms with E-state index in [1.165, 1.54) is 0 Å². The van der Waals surface area contributed by atoms with Crippen LogP contribution >= 0.6 is 0 Å². The van der Waals surface area contributed by atoms with Gasteiger partial charge in [0.2, 0.25) is 0 Å². The highest BCUT2D eigenvalue weighted by molar-refractivity contribution is 5.74. The molecule has 0 unspecified atom stereocenters. The molecule has 0 spiro atoms. The van der Waals surface area contributed by atoms with E-state index in [9.17, 15) is 4.79 Å². The number of likely N-dealkylation sites (tertiary alicyclic amines) is 1. The molecule has 1 N–H and O–H groups in total. The lowest BCUT2D eigenvalue weighted by atomic mass is 9.89. The molecule has 0 aliphatic carbocycles. The van der Waals surface area contributed by atoms with Gasteiger partial charge in [-0.05, 0) is 46.6 Å². The molecule has 134 valence electrons. The second-order valence-electron chi connectivity index (χ2n) is 7.01. The predicted molar refractivity (Wildman–Crippen MR) is 89.7 cm³/mol. The van der Waals surface area contributed by atoms with E-state index in [4.69, 9.17) is 13.9 Å². The molecular formula is C18H28N2O4. The molecule has 3 rings (SSSR count). The Bertz CT molecular complexity index is 584. The fourth-order valence-corrected chi connectivity index (χ4v) is 3.81. The van der Waals surface area contributed by atoms with E-state index >= 15 is 0 Å². The van der Waals surface area contributed by atoms with Crippen molar-refractivity contribution in [2.24, 2.45) is 5.92 Å². The van der Waals surface area contributed by atoms with Crippen LogP contribution in [0.15, 0.2) is 10.5 Å². The highest BCUT2D eigenvalue weighted by atomic mass is 16.7. The van der Waals surface area contributed by atoms with Gasteiger partial charge >= 0.3 is 6.03 Å². The van der Waals surface area contributed by atoms with Crippen molar-refractivity contribution in [1.82, 2.24) is 10.2 Å². The van der Waals surface area contributed by atoms with Gasteiger partial charge in [-0.25, -0.2) is 4.79 Å². The minimum atomic E-state index is -0.471. The molecular weight excluding hydrogens is 308 g/mol. The molecule has 6 heteroatoms. The highest BCUT2D eigenvalue weighted by Gasteiger charge is 2.41. The van der Waals surface area contributed by atoms with Gasteiger partial charge < -0.3 is 24.1 Å². The molecule has 24 heavy (non-hydrogen) atoms. The van der Waals surface area contributed by atoms with E-state index in [0.717, 1.165) is 43.0 Å². The van der Waals surface area contributed by atoms with Gasteiger partial charge in [0, 0.05) is 24.6 Å². The first-order valence-electron chi connectivity index (χ1n) is 8.79. The molecule has 0 bridgehead atoms. The van der Waals surface area contributed by atoms with Gasteiger partial charge in [-0.15, -0.1) is 0 Å². The second-order valence-corrected chi connectivity index (χ2v) is 7.01. The molecule has 2 fully saturated rings. The topological polar surface area (TPSA) is 63.9 Å². The van der Waals surface area contributed by atoms with Crippen molar-refractivity contribution in [3.63, 3.8) is 0 Å². The zero-order valence-corrected chi connectivity index (χ0v) is 15.1. The van der Waals surface area contributed by atoms with Crippen LogP contribution in [-0.2, 0) is 9.47 Å². The van der Waals surface area contributed by atoms with Crippen LogP contribution in [0.2, 0.25) is 0 Å². The first-order chi connectivity index (χ1) is 11.4. The number of nitrogens with zero attached hydrogens (tertiary/aromatic N) is 1. The molecule has 3 heterocycles. The SMILES string of the molecule is Cc1cc([C@H](C)NC(=O)N2CCC(C3(C)OCCO3)CC2)c(C)o1. The average Bonchev–Trinajstić information content (AvgIpc) is 3.14. The predicted octanol–water partition coefficient (Wildman–Crippen LogP) is 3.14. The van der Waals surface area contributed by atoms with Gasteiger partial charge in [0.05, 0.1) is 19.3 Å². The zero-order valence-electron chi connectivity index (χ0n) is 15.1. The van der Waals surface area contributed by atoms with Crippen LogP contribution in [0.1, 0.15) is 49.8 Å². The summed E-state index contributed by atoms with van der Waals surface area (Å²) in [5.74, 6) is 1.61. The van der Waals surface area contributed by atoms with Gasteiger partial charge in [-0.3, -0.25) is 0 Å². The number of carbonyl (C=O) groups excluding carboxylic acids is 1.